The molecule has 1 atom stereocenters. The van der Waals surface area contributed by atoms with Crippen molar-refractivity contribution in [2.45, 2.75) is 25.3 Å². The van der Waals surface area contributed by atoms with Crippen LogP contribution < -0.4 is 0 Å². The van der Waals surface area contributed by atoms with E-state index < -0.39 is 9.84 Å². The molecule has 1 aromatic heterocycles. The molecule has 146 valence electrons. The molecule has 0 N–H and O–H groups in total. The molecule has 0 radical (unpaired) electrons. The lowest BCUT2D eigenvalue weighted by molar-refractivity contribution is -0.132. The molecular weight excluding hydrogens is 424 g/mol. The molecule has 3 heterocycles. The molecule has 0 aliphatic carbocycles. The van der Waals surface area contributed by atoms with Gasteiger partial charge in [0.15, 0.2) is 9.84 Å². The maximum Gasteiger partial charge on any atom is 0.266 e. The third kappa shape index (κ3) is 4.98. The van der Waals surface area contributed by atoms with Gasteiger partial charge in [-0.1, -0.05) is 30.0 Å². The van der Waals surface area contributed by atoms with Crippen LogP contribution in [0.15, 0.2) is 22.4 Å². The number of thiocarbonyl (C=S) groups is 1. The van der Waals surface area contributed by atoms with Crippen LogP contribution in [-0.4, -0.2) is 65.5 Å². The van der Waals surface area contributed by atoms with Crippen LogP contribution in [0.2, 0.25) is 0 Å². The number of amides is 2. The summed E-state index contributed by atoms with van der Waals surface area (Å²) in [4.78, 5) is 29.5. The Morgan fingerprint density at radius 3 is 2.89 bits per heavy atom. The second kappa shape index (κ2) is 8.42. The van der Waals surface area contributed by atoms with Crippen molar-refractivity contribution < 1.29 is 18.0 Å². The summed E-state index contributed by atoms with van der Waals surface area (Å²) in [7, 11) is -1.37. The van der Waals surface area contributed by atoms with E-state index in [4.69, 9.17) is 12.2 Å². The predicted molar refractivity (Wildman–Crippen MR) is 113 cm³/mol. The molecule has 2 aliphatic heterocycles. The zero-order chi connectivity index (χ0) is 19.6. The summed E-state index contributed by atoms with van der Waals surface area (Å²) in [6.07, 6.45) is 3.08. The number of hydrogen-bond donors (Lipinski definition) is 0. The van der Waals surface area contributed by atoms with Gasteiger partial charge in [-0.05, 0) is 30.4 Å². The largest absolute Gasteiger partial charge is 0.342 e. The van der Waals surface area contributed by atoms with Gasteiger partial charge in [-0.2, -0.15) is 0 Å². The third-order valence-corrected chi connectivity index (χ3v) is 8.56. The van der Waals surface area contributed by atoms with Crippen molar-refractivity contribution in [3.05, 3.63) is 27.3 Å². The van der Waals surface area contributed by atoms with Gasteiger partial charge in [0.25, 0.3) is 5.91 Å². The van der Waals surface area contributed by atoms with Gasteiger partial charge in [0.2, 0.25) is 5.91 Å². The van der Waals surface area contributed by atoms with Crippen LogP contribution in [0, 0.1) is 0 Å². The van der Waals surface area contributed by atoms with Crippen LogP contribution >= 0.6 is 35.3 Å². The average Bonchev–Trinajstić information content (AvgIpc) is 3.30. The van der Waals surface area contributed by atoms with Gasteiger partial charge in [0.1, 0.15) is 4.32 Å². The third-order valence-electron chi connectivity index (χ3n) is 4.61. The normalized spacial score (nSPS) is 23.4. The molecule has 0 saturated carbocycles. The Hall–Kier alpha value is -1.23. The molecule has 2 fully saturated rings. The van der Waals surface area contributed by atoms with E-state index in [0.29, 0.717) is 28.6 Å². The van der Waals surface area contributed by atoms with Gasteiger partial charge in [-0.15, -0.1) is 11.3 Å². The maximum atomic E-state index is 12.5. The van der Waals surface area contributed by atoms with Crippen molar-refractivity contribution in [3.8, 4) is 0 Å². The number of hydrogen-bond acceptors (Lipinski definition) is 7. The fraction of sp³-hybridized carbons (Fsp3) is 0.471. The first-order chi connectivity index (χ1) is 12.8. The number of sulfone groups is 1. The first-order valence-corrected chi connectivity index (χ1v) is 12.4. The SMILES string of the molecule is CN(C(=O)CCCN1C(=O)/C(=C/c2cccs2)SC1=S)[C@H]1CCS(=O)(=O)C1. The van der Waals surface area contributed by atoms with E-state index in [1.807, 2.05) is 23.6 Å². The first-order valence-electron chi connectivity index (χ1n) is 8.52. The second-order valence-corrected chi connectivity index (χ2v) is 11.4. The smallest absolute Gasteiger partial charge is 0.266 e. The zero-order valence-corrected chi connectivity index (χ0v) is 18.1. The van der Waals surface area contributed by atoms with Gasteiger partial charge in [0.05, 0.1) is 16.4 Å². The number of nitrogens with zero attached hydrogens (tertiary/aromatic N) is 2. The van der Waals surface area contributed by atoms with Crippen LogP contribution in [-0.2, 0) is 19.4 Å². The van der Waals surface area contributed by atoms with Crippen molar-refractivity contribution in [1.82, 2.24) is 9.80 Å². The zero-order valence-electron chi connectivity index (χ0n) is 14.8. The summed E-state index contributed by atoms with van der Waals surface area (Å²) in [5.74, 6) is -0.0439. The molecule has 0 aromatic carbocycles. The molecule has 2 amide bonds. The highest BCUT2D eigenvalue weighted by atomic mass is 32.2. The van der Waals surface area contributed by atoms with Crippen molar-refractivity contribution in [3.63, 3.8) is 0 Å². The second-order valence-electron chi connectivity index (χ2n) is 6.51. The van der Waals surface area contributed by atoms with Crippen molar-refractivity contribution in [2.75, 3.05) is 25.1 Å². The van der Waals surface area contributed by atoms with Gasteiger partial charge in [-0.25, -0.2) is 8.42 Å². The first kappa shape index (κ1) is 20.5. The molecule has 1 aromatic rings. The van der Waals surface area contributed by atoms with Gasteiger partial charge in [0, 0.05) is 30.9 Å². The van der Waals surface area contributed by atoms with Crippen LogP contribution in [0.25, 0.3) is 6.08 Å². The van der Waals surface area contributed by atoms with Crippen molar-refractivity contribution in [2.24, 2.45) is 0 Å². The number of carbonyl (C=O) groups is 2. The predicted octanol–water partition coefficient (Wildman–Crippen LogP) is 2.38. The lowest BCUT2D eigenvalue weighted by Gasteiger charge is -2.24. The van der Waals surface area contributed by atoms with E-state index in [1.165, 1.54) is 21.6 Å². The summed E-state index contributed by atoms with van der Waals surface area (Å²) < 4.78 is 23.6. The standard InChI is InChI=1S/C17H20N2O4S4/c1-18(12-6-9-27(22,23)11-12)15(20)5-2-7-19-16(21)14(26-17(19)24)10-13-4-3-8-25-13/h3-4,8,10,12H,2,5-7,9,11H2,1H3/b14-10-/t12-/m0/s1. The number of thiophene rings is 1. The summed E-state index contributed by atoms with van der Waals surface area (Å²) in [5.41, 5.74) is 0. The molecule has 3 rings (SSSR count). The van der Waals surface area contributed by atoms with Crippen LogP contribution in [0.4, 0.5) is 0 Å². The summed E-state index contributed by atoms with van der Waals surface area (Å²) in [6.45, 7) is 0.384. The van der Waals surface area contributed by atoms with Crippen LogP contribution in [0.1, 0.15) is 24.1 Å². The van der Waals surface area contributed by atoms with Gasteiger partial charge < -0.3 is 4.90 Å². The minimum absolute atomic E-state index is 0.0391. The Morgan fingerprint density at radius 1 is 1.48 bits per heavy atom. The number of carbonyl (C=O) groups excluding carboxylic acids is 2. The van der Waals surface area contributed by atoms with E-state index in [-0.39, 0.29) is 35.8 Å². The van der Waals surface area contributed by atoms with E-state index in [2.05, 4.69) is 0 Å². The highest BCUT2D eigenvalue weighted by Gasteiger charge is 2.34. The maximum absolute atomic E-state index is 12.5. The molecule has 0 unspecified atom stereocenters. The van der Waals surface area contributed by atoms with E-state index in [1.54, 1.807) is 18.4 Å². The number of rotatable bonds is 6. The Bertz CT molecular complexity index is 877. The molecule has 10 heteroatoms. The lowest BCUT2D eigenvalue weighted by Crippen LogP contribution is -2.38. The summed E-state index contributed by atoms with van der Waals surface area (Å²) >= 11 is 8.14. The Morgan fingerprint density at radius 2 is 2.26 bits per heavy atom. The quantitative estimate of drug-likeness (QED) is 0.495. The highest BCUT2D eigenvalue weighted by Crippen LogP contribution is 2.33. The summed E-state index contributed by atoms with van der Waals surface area (Å²) in [5, 5.41) is 1.95. The molecule has 6 nitrogen and oxygen atoms in total. The van der Waals surface area contributed by atoms with Crippen LogP contribution in [0.5, 0.6) is 0 Å². The fourth-order valence-corrected chi connectivity index (χ4v) is 6.85. The Labute approximate surface area is 172 Å². The minimum Gasteiger partial charge on any atom is -0.342 e. The van der Waals surface area contributed by atoms with Crippen molar-refractivity contribution in [1.29, 1.82) is 0 Å². The molecule has 2 aliphatic rings. The van der Waals surface area contributed by atoms with Gasteiger partial charge >= 0.3 is 0 Å². The molecule has 0 spiro atoms. The van der Waals surface area contributed by atoms with Crippen molar-refractivity contribution >= 4 is 67.4 Å². The van der Waals surface area contributed by atoms with E-state index >= 15 is 0 Å². The summed E-state index contributed by atoms with van der Waals surface area (Å²) in [6, 6.07) is 3.62. The topological polar surface area (TPSA) is 74.8 Å². The van der Waals surface area contributed by atoms with Gasteiger partial charge in [-0.3, -0.25) is 14.5 Å². The van der Waals surface area contributed by atoms with E-state index in [0.717, 1.165) is 4.88 Å². The monoisotopic (exact) mass is 444 g/mol. The molecular formula is C17H20N2O4S4. The average molecular weight is 445 g/mol. The molecule has 2 saturated heterocycles. The van der Waals surface area contributed by atoms with Crippen LogP contribution in [0.3, 0.4) is 0 Å². The van der Waals surface area contributed by atoms with E-state index in [9.17, 15) is 18.0 Å². The Kier molecular flexibility index (Phi) is 6.39. The highest BCUT2D eigenvalue weighted by molar-refractivity contribution is 8.26. The Balaban J connectivity index is 1.50. The molecule has 27 heavy (non-hydrogen) atoms. The molecule has 0 bridgehead atoms. The fourth-order valence-electron chi connectivity index (χ4n) is 3.04. The number of thioether (sulfide) groups is 1. The minimum atomic E-state index is -3.02. The lowest BCUT2D eigenvalue weighted by atomic mass is 10.2.